The summed E-state index contributed by atoms with van der Waals surface area (Å²) in [4.78, 5) is 13.6. The molecule has 0 aromatic heterocycles. The highest BCUT2D eigenvalue weighted by Crippen LogP contribution is 2.26. The Bertz CT molecular complexity index is 289. The van der Waals surface area contributed by atoms with E-state index in [0.717, 1.165) is 18.9 Å². The molecule has 0 spiro atoms. The molecule has 3 atom stereocenters. The van der Waals surface area contributed by atoms with Crippen molar-refractivity contribution in [3.63, 3.8) is 0 Å². The molecular weight excluding hydrogens is 272 g/mol. The number of hydrogen-bond acceptors (Lipinski definition) is 2. The lowest BCUT2D eigenvalue weighted by Gasteiger charge is -2.40. The molecule has 0 saturated carbocycles. The van der Waals surface area contributed by atoms with Crippen LogP contribution in [0.5, 0.6) is 0 Å². The average Bonchev–Trinajstić information content (AvgIpc) is 2.49. The van der Waals surface area contributed by atoms with Crippen molar-refractivity contribution in [2.75, 3.05) is 13.6 Å². The van der Waals surface area contributed by atoms with Gasteiger partial charge in [-0.25, -0.2) is 0 Å². The number of carbonyl (C=O) groups excluding carboxylic acids is 1. The maximum atomic E-state index is 10.9. The number of rotatable bonds is 12. The minimum absolute atomic E-state index is 0.0808. The SMILES string of the molecule is CCCC(C(C)CCCNC(C)=O)N(C)C(C)C(CC)CC. The summed E-state index contributed by atoms with van der Waals surface area (Å²) >= 11 is 0. The van der Waals surface area contributed by atoms with Crippen LogP contribution in [0.1, 0.15) is 80.1 Å². The summed E-state index contributed by atoms with van der Waals surface area (Å²) in [6.45, 7) is 14.1. The first kappa shape index (κ1) is 21.4. The van der Waals surface area contributed by atoms with Crippen LogP contribution in [0.25, 0.3) is 0 Å². The molecule has 0 aromatic rings. The fourth-order valence-electron chi connectivity index (χ4n) is 3.67. The molecule has 0 aliphatic carbocycles. The van der Waals surface area contributed by atoms with Gasteiger partial charge in [0.15, 0.2) is 0 Å². The molecule has 0 radical (unpaired) electrons. The molecule has 22 heavy (non-hydrogen) atoms. The van der Waals surface area contributed by atoms with Crippen LogP contribution in [0.3, 0.4) is 0 Å². The Morgan fingerprint density at radius 2 is 1.68 bits per heavy atom. The number of amides is 1. The third-order valence-corrected chi connectivity index (χ3v) is 5.35. The fraction of sp³-hybridized carbons (Fsp3) is 0.947. The van der Waals surface area contributed by atoms with Crippen molar-refractivity contribution < 1.29 is 4.79 Å². The predicted molar refractivity (Wildman–Crippen MR) is 97.1 cm³/mol. The van der Waals surface area contributed by atoms with E-state index in [1.165, 1.54) is 32.1 Å². The van der Waals surface area contributed by atoms with Crippen LogP contribution in [0.2, 0.25) is 0 Å². The quantitative estimate of drug-likeness (QED) is 0.539. The summed E-state index contributed by atoms with van der Waals surface area (Å²) in [7, 11) is 2.31. The molecular formula is C19H40N2O. The minimum Gasteiger partial charge on any atom is -0.356 e. The van der Waals surface area contributed by atoms with Gasteiger partial charge >= 0.3 is 0 Å². The van der Waals surface area contributed by atoms with E-state index in [0.29, 0.717) is 18.0 Å². The lowest BCUT2D eigenvalue weighted by Crippen LogP contribution is -2.45. The molecule has 0 rings (SSSR count). The molecule has 0 saturated heterocycles. The van der Waals surface area contributed by atoms with E-state index in [-0.39, 0.29) is 5.91 Å². The van der Waals surface area contributed by atoms with E-state index in [4.69, 9.17) is 0 Å². The topological polar surface area (TPSA) is 32.3 Å². The highest BCUT2D eigenvalue weighted by Gasteiger charge is 2.27. The van der Waals surface area contributed by atoms with Gasteiger partial charge in [-0.3, -0.25) is 4.79 Å². The average molecular weight is 313 g/mol. The molecule has 3 heteroatoms. The molecule has 3 nitrogen and oxygen atoms in total. The largest absolute Gasteiger partial charge is 0.356 e. The lowest BCUT2D eigenvalue weighted by molar-refractivity contribution is -0.118. The first-order valence-electron chi connectivity index (χ1n) is 9.35. The first-order valence-corrected chi connectivity index (χ1v) is 9.35. The number of carbonyl (C=O) groups is 1. The van der Waals surface area contributed by atoms with Crippen LogP contribution in [0.15, 0.2) is 0 Å². The Hall–Kier alpha value is -0.570. The summed E-state index contributed by atoms with van der Waals surface area (Å²) in [6, 6.07) is 1.29. The van der Waals surface area contributed by atoms with Gasteiger partial charge in [0.05, 0.1) is 0 Å². The van der Waals surface area contributed by atoms with Gasteiger partial charge in [-0.2, -0.15) is 0 Å². The Kier molecular flexibility index (Phi) is 11.6. The third-order valence-electron chi connectivity index (χ3n) is 5.35. The molecule has 0 aromatic carbocycles. The van der Waals surface area contributed by atoms with Crippen molar-refractivity contribution in [1.82, 2.24) is 10.2 Å². The minimum atomic E-state index is 0.0808. The Morgan fingerprint density at radius 3 is 2.14 bits per heavy atom. The van der Waals surface area contributed by atoms with E-state index in [1.807, 2.05) is 0 Å². The molecule has 1 amide bonds. The van der Waals surface area contributed by atoms with Gasteiger partial charge in [-0.05, 0) is 45.1 Å². The van der Waals surface area contributed by atoms with Crippen LogP contribution in [0.4, 0.5) is 0 Å². The zero-order valence-electron chi connectivity index (χ0n) is 16.1. The van der Waals surface area contributed by atoms with Gasteiger partial charge in [0.25, 0.3) is 0 Å². The van der Waals surface area contributed by atoms with E-state index >= 15 is 0 Å². The summed E-state index contributed by atoms with van der Waals surface area (Å²) in [5.74, 6) is 1.55. The van der Waals surface area contributed by atoms with Crippen molar-refractivity contribution in [3.05, 3.63) is 0 Å². The molecule has 0 fully saturated rings. The molecule has 0 aliphatic rings. The van der Waals surface area contributed by atoms with Gasteiger partial charge in [0, 0.05) is 25.6 Å². The Morgan fingerprint density at radius 1 is 1.09 bits per heavy atom. The van der Waals surface area contributed by atoms with Crippen LogP contribution >= 0.6 is 0 Å². The standard InChI is InChI=1S/C19H40N2O/c1-8-12-19(15(4)13-11-14-20-17(6)22)21(7)16(5)18(9-2)10-3/h15-16,18-19H,8-14H2,1-7H3,(H,20,22). The van der Waals surface area contributed by atoms with Crippen molar-refractivity contribution in [2.24, 2.45) is 11.8 Å². The zero-order chi connectivity index (χ0) is 17.1. The van der Waals surface area contributed by atoms with Crippen molar-refractivity contribution in [2.45, 2.75) is 92.2 Å². The molecule has 0 bridgehead atoms. The van der Waals surface area contributed by atoms with Crippen molar-refractivity contribution in [3.8, 4) is 0 Å². The number of nitrogens with zero attached hydrogens (tertiary/aromatic N) is 1. The molecule has 132 valence electrons. The maximum Gasteiger partial charge on any atom is 0.216 e. The second-order valence-electron chi connectivity index (χ2n) is 6.94. The smallest absolute Gasteiger partial charge is 0.216 e. The highest BCUT2D eigenvalue weighted by molar-refractivity contribution is 5.72. The van der Waals surface area contributed by atoms with E-state index in [2.05, 4.69) is 51.9 Å². The third kappa shape index (κ3) is 7.62. The maximum absolute atomic E-state index is 10.9. The van der Waals surface area contributed by atoms with Crippen LogP contribution in [-0.4, -0.2) is 36.5 Å². The molecule has 1 N–H and O–H groups in total. The molecule has 0 aliphatic heterocycles. The van der Waals surface area contributed by atoms with Crippen LogP contribution in [-0.2, 0) is 4.79 Å². The normalized spacial score (nSPS) is 15.9. The van der Waals surface area contributed by atoms with Crippen LogP contribution < -0.4 is 5.32 Å². The van der Waals surface area contributed by atoms with E-state index < -0.39 is 0 Å². The van der Waals surface area contributed by atoms with Gasteiger partial charge in [-0.15, -0.1) is 0 Å². The number of nitrogens with one attached hydrogen (secondary N) is 1. The molecule has 0 heterocycles. The van der Waals surface area contributed by atoms with Crippen LogP contribution in [0, 0.1) is 11.8 Å². The zero-order valence-corrected chi connectivity index (χ0v) is 16.1. The lowest BCUT2D eigenvalue weighted by atomic mass is 9.87. The summed E-state index contributed by atoms with van der Waals surface area (Å²) in [5.41, 5.74) is 0. The van der Waals surface area contributed by atoms with Gasteiger partial charge < -0.3 is 10.2 Å². The summed E-state index contributed by atoms with van der Waals surface area (Å²) in [6.07, 6.45) is 7.29. The van der Waals surface area contributed by atoms with Crippen molar-refractivity contribution in [1.29, 1.82) is 0 Å². The monoisotopic (exact) mass is 312 g/mol. The fourth-order valence-corrected chi connectivity index (χ4v) is 3.67. The second-order valence-corrected chi connectivity index (χ2v) is 6.94. The van der Waals surface area contributed by atoms with Gasteiger partial charge in [0.1, 0.15) is 0 Å². The first-order chi connectivity index (χ1) is 10.4. The Balaban J connectivity index is 4.56. The Labute approximate surface area is 139 Å². The molecule has 3 unspecified atom stereocenters. The van der Waals surface area contributed by atoms with Gasteiger partial charge in [-0.1, -0.05) is 47.0 Å². The summed E-state index contributed by atoms with van der Waals surface area (Å²) < 4.78 is 0. The van der Waals surface area contributed by atoms with Crippen molar-refractivity contribution >= 4 is 5.91 Å². The summed E-state index contributed by atoms with van der Waals surface area (Å²) in [5, 5.41) is 2.91. The highest BCUT2D eigenvalue weighted by atomic mass is 16.1. The van der Waals surface area contributed by atoms with Gasteiger partial charge in [0.2, 0.25) is 5.91 Å². The van der Waals surface area contributed by atoms with E-state index in [9.17, 15) is 4.79 Å². The predicted octanol–water partition coefficient (Wildman–Crippen LogP) is 4.46. The second kappa shape index (κ2) is 11.9. The van der Waals surface area contributed by atoms with E-state index in [1.54, 1.807) is 6.92 Å². The number of hydrogen-bond donors (Lipinski definition) is 1.